The van der Waals surface area contributed by atoms with Crippen LogP contribution in [0, 0.1) is 5.82 Å². The summed E-state index contributed by atoms with van der Waals surface area (Å²) < 4.78 is 14.0. The second kappa shape index (κ2) is 8.92. The van der Waals surface area contributed by atoms with E-state index in [4.69, 9.17) is 0 Å². The molecule has 3 aromatic rings. The molecule has 0 saturated carbocycles. The molecule has 2 aromatic carbocycles. The van der Waals surface area contributed by atoms with E-state index in [2.05, 4.69) is 26.6 Å². The van der Waals surface area contributed by atoms with Crippen LogP contribution in [-0.4, -0.2) is 11.8 Å². The van der Waals surface area contributed by atoms with Gasteiger partial charge in [-0.3, -0.25) is 9.59 Å². The molecule has 1 aromatic heterocycles. The lowest BCUT2D eigenvalue weighted by Gasteiger charge is -2.09. The molecular weight excluding hydrogens is 431 g/mol. The van der Waals surface area contributed by atoms with Crippen molar-refractivity contribution < 1.29 is 14.0 Å². The van der Waals surface area contributed by atoms with Crippen LogP contribution in [0.25, 0.3) is 0 Å². The van der Waals surface area contributed by atoms with E-state index in [9.17, 15) is 14.0 Å². The second-order valence-electron chi connectivity index (χ2n) is 5.78. The monoisotopic (exact) mass is 446 g/mol. The molecule has 0 saturated heterocycles. The van der Waals surface area contributed by atoms with Crippen molar-refractivity contribution in [3.8, 4) is 0 Å². The molecule has 7 heteroatoms. The number of benzene rings is 2. The summed E-state index contributed by atoms with van der Waals surface area (Å²) in [5, 5.41) is 7.46. The molecule has 4 nitrogen and oxygen atoms in total. The van der Waals surface area contributed by atoms with Crippen LogP contribution in [0.3, 0.4) is 0 Å². The van der Waals surface area contributed by atoms with Crippen molar-refractivity contribution in [3.63, 3.8) is 0 Å². The highest BCUT2D eigenvalue weighted by atomic mass is 79.9. The van der Waals surface area contributed by atoms with Gasteiger partial charge in [0, 0.05) is 23.1 Å². The number of amides is 2. The van der Waals surface area contributed by atoms with Gasteiger partial charge in [-0.15, -0.1) is 11.3 Å². The zero-order valence-corrected chi connectivity index (χ0v) is 16.6. The normalized spacial score (nSPS) is 10.4. The number of hydrogen-bond acceptors (Lipinski definition) is 3. The quantitative estimate of drug-likeness (QED) is 0.584. The van der Waals surface area contributed by atoms with Gasteiger partial charge in [0.15, 0.2) is 0 Å². The Balaban J connectivity index is 1.54. The molecule has 3 rings (SSSR count). The molecule has 0 bridgehead atoms. The first-order valence-electron chi connectivity index (χ1n) is 8.15. The van der Waals surface area contributed by atoms with E-state index in [1.54, 1.807) is 36.4 Å². The number of thiophene rings is 1. The molecule has 0 aliphatic rings. The Labute approximate surface area is 168 Å². The molecule has 138 valence electrons. The lowest BCUT2D eigenvalue weighted by Crippen LogP contribution is -2.23. The van der Waals surface area contributed by atoms with Gasteiger partial charge in [0.1, 0.15) is 5.82 Å². The predicted octanol–water partition coefficient (Wildman–Crippen LogP) is 4.51. The first kappa shape index (κ1) is 19.3. The van der Waals surface area contributed by atoms with Gasteiger partial charge in [0.25, 0.3) is 11.8 Å². The molecule has 0 atom stereocenters. The Morgan fingerprint density at radius 1 is 0.963 bits per heavy atom. The molecule has 0 spiro atoms. The highest BCUT2D eigenvalue weighted by molar-refractivity contribution is 9.10. The van der Waals surface area contributed by atoms with Crippen molar-refractivity contribution in [2.24, 2.45) is 0 Å². The zero-order valence-electron chi connectivity index (χ0n) is 14.2. The van der Waals surface area contributed by atoms with Crippen molar-refractivity contribution in [2.75, 3.05) is 0 Å². The first-order valence-corrected chi connectivity index (χ1v) is 9.83. The third-order valence-corrected chi connectivity index (χ3v) is 5.50. The Morgan fingerprint density at radius 2 is 1.70 bits per heavy atom. The summed E-state index contributed by atoms with van der Waals surface area (Å²) in [6.07, 6.45) is 0. The van der Waals surface area contributed by atoms with Crippen molar-refractivity contribution in [3.05, 3.63) is 91.8 Å². The van der Waals surface area contributed by atoms with Crippen LogP contribution in [0.5, 0.6) is 0 Å². The molecule has 1 heterocycles. The van der Waals surface area contributed by atoms with Gasteiger partial charge in [-0.2, -0.15) is 0 Å². The fraction of sp³-hybridized carbons (Fsp3) is 0.100. The average Bonchev–Trinajstić information content (AvgIpc) is 3.22. The Kier molecular flexibility index (Phi) is 6.36. The summed E-state index contributed by atoms with van der Waals surface area (Å²) in [4.78, 5) is 24.9. The predicted molar refractivity (Wildman–Crippen MR) is 107 cm³/mol. The minimum absolute atomic E-state index is 0.118. The highest BCUT2D eigenvalue weighted by Crippen LogP contribution is 2.17. The highest BCUT2D eigenvalue weighted by Gasteiger charge is 2.09. The number of hydrogen-bond donors (Lipinski definition) is 2. The summed E-state index contributed by atoms with van der Waals surface area (Å²) in [6, 6.07) is 14.9. The van der Waals surface area contributed by atoms with Gasteiger partial charge < -0.3 is 10.6 Å². The number of carbonyl (C=O) groups excluding carboxylic acids is 2. The van der Waals surface area contributed by atoms with Gasteiger partial charge in [-0.05, 0) is 52.9 Å². The first-order chi connectivity index (χ1) is 13.0. The van der Waals surface area contributed by atoms with Crippen molar-refractivity contribution in [1.29, 1.82) is 0 Å². The zero-order chi connectivity index (χ0) is 19.2. The fourth-order valence-corrected chi connectivity index (χ4v) is 3.43. The Hall–Kier alpha value is -2.51. The topological polar surface area (TPSA) is 58.2 Å². The molecule has 2 amide bonds. The van der Waals surface area contributed by atoms with E-state index in [0.29, 0.717) is 22.5 Å². The lowest BCUT2D eigenvalue weighted by atomic mass is 10.1. The van der Waals surface area contributed by atoms with E-state index in [0.717, 1.165) is 10.0 Å². The SMILES string of the molecule is O=C(NCc1cc(F)ccc1Br)c1ccc(CNC(=O)c2cccs2)cc1. The molecule has 0 aliphatic heterocycles. The van der Waals surface area contributed by atoms with Crippen LogP contribution in [0.4, 0.5) is 4.39 Å². The maximum Gasteiger partial charge on any atom is 0.261 e. The van der Waals surface area contributed by atoms with Gasteiger partial charge >= 0.3 is 0 Å². The van der Waals surface area contributed by atoms with Crippen LogP contribution in [0.2, 0.25) is 0 Å². The molecular formula is C20H16BrFN2O2S. The smallest absolute Gasteiger partial charge is 0.261 e. The number of nitrogens with one attached hydrogen (secondary N) is 2. The third-order valence-electron chi connectivity index (χ3n) is 3.86. The van der Waals surface area contributed by atoms with Crippen LogP contribution in [0.1, 0.15) is 31.2 Å². The fourth-order valence-electron chi connectivity index (χ4n) is 2.41. The standard InChI is InChI=1S/C20H16BrFN2O2S/c21-17-8-7-16(22)10-15(17)12-24-19(25)14-5-3-13(4-6-14)11-23-20(26)18-2-1-9-27-18/h1-10H,11-12H2,(H,23,26)(H,24,25). The molecule has 27 heavy (non-hydrogen) atoms. The van der Waals surface area contributed by atoms with E-state index in [1.807, 2.05) is 11.4 Å². The van der Waals surface area contributed by atoms with E-state index >= 15 is 0 Å². The van der Waals surface area contributed by atoms with Crippen molar-refractivity contribution >= 4 is 39.1 Å². The van der Waals surface area contributed by atoms with E-state index in [-0.39, 0.29) is 24.2 Å². The molecule has 0 fully saturated rings. The second-order valence-corrected chi connectivity index (χ2v) is 7.58. The minimum Gasteiger partial charge on any atom is -0.348 e. The summed E-state index contributed by atoms with van der Waals surface area (Å²) in [5.41, 5.74) is 2.05. The van der Waals surface area contributed by atoms with Gasteiger partial charge in [-0.1, -0.05) is 34.1 Å². The number of carbonyl (C=O) groups is 2. The molecule has 0 unspecified atom stereocenters. The lowest BCUT2D eigenvalue weighted by molar-refractivity contribution is 0.0943. The van der Waals surface area contributed by atoms with E-state index in [1.165, 1.54) is 23.5 Å². The van der Waals surface area contributed by atoms with Crippen LogP contribution >= 0.6 is 27.3 Å². The van der Waals surface area contributed by atoms with Crippen LogP contribution in [0.15, 0.2) is 64.5 Å². The molecule has 2 N–H and O–H groups in total. The number of rotatable bonds is 6. The van der Waals surface area contributed by atoms with Gasteiger partial charge in [0.2, 0.25) is 0 Å². The van der Waals surface area contributed by atoms with Crippen molar-refractivity contribution in [1.82, 2.24) is 10.6 Å². The molecule has 0 aliphatic carbocycles. The maximum absolute atomic E-state index is 13.3. The Bertz CT molecular complexity index is 943. The van der Waals surface area contributed by atoms with Crippen molar-refractivity contribution in [2.45, 2.75) is 13.1 Å². The van der Waals surface area contributed by atoms with Gasteiger partial charge in [0.05, 0.1) is 4.88 Å². The maximum atomic E-state index is 13.3. The van der Waals surface area contributed by atoms with Gasteiger partial charge in [-0.25, -0.2) is 4.39 Å². The average molecular weight is 447 g/mol. The largest absolute Gasteiger partial charge is 0.348 e. The Morgan fingerprint density at radius 3 is 2.41 bits per heavy atom. The number of halogens is 2. The van der Waals surface area contributed by atoms with Crippen LogP contribution < -0.4 is 10.6 Å². The summed E-state index contributed by atoms with van der Waals surface area (Å²) in [5.74, 6) is -0.718. The van der Waals surface area contributed by atoms with Crippen LogP contribution in [-0.2, 0) is 13.1 Å². The third kappa shape index (κ3) is 5.24. The summed E-state index contributed by atoms with van der Waals surface area (Å²) in [6.45, 7) is 0.602. The minimum atomic E-state index is -0.351. The summed E-state index contributed by atoms with van der Waals surface area (Å²) in [7, 11) is 0. The molecule has 0 radical (unpaired) electrons. The van der Waals surface area contributed by atoms with E-state index < -0.39 is 0 Å². The summed E-state index contributed by atoms with van der Waals surface area (Å²) >= 11 is 4.72.